The summed E-state index contributed by atoms with van der Waals surface area (Å²) in [5.41, 5.74) is 0.995. The number of aromatic amines is 1. The van der Waals surface area contributed by atoms with Gasteiger partial charge in [0.2, 0.25) is 10.0 Å². The maximum atomic E-state index is 12.7. The van der Waals surface area contributed by atoms with Gasteiger partial charge in [-0.2, -0.15) is 4.31 Å². The van der Waals surface area contributed by atoms with Crippen LogP contribution < -0.4 is 0 Å². The number of H-pyrrole nitrogens is 1. The van der Waals surface area contributed by atoms with E-state index >= 15 is 0 Å². The maximum absolute atomic E-state index is 12.7. The molecule has 0 spiro atoms. The van der Waals surface area contributed by atoms with Gasteiger partial charge in [0.25, 0.3) is 0 Å². The van der Waals surface area contributed by atoms with Crippen LogP contribution in [-0.4, -0.2) is 43.4 Å². The summed E-state index contributed by atoms with van der Waals surface area (Å²) in [7, 11) is -3.68. The van der Waals surface area contributed by atoms with E-state index in [0.29, 0.717) is 17.8 Å². The van der Waals surface area contributed by atoms with Crippen molar-refractivity contribution in [3.8, 4) is 0 Å². The number of esters is 1. The van der Waals surface area contributed by atoms with Crippen LogP contribution in [0.2, 0.25) is 0 Å². The van der Waals surface area contributed by atoms with Gasteiger partial charge in [0.15, 0.2) is 0 Å². The van der Waals surface area contributed by atoms with Crippen molar-refractivity contribution in [2.75, 3.05) is 19.7 Å². The lowest BCUT2D eigenvalue weighted by Crippen LogP contribution is -2.31. The molecule has 0 atom stereocenters. The molecule has 0 aromatic carbocycles. The second-order valence-electron chi connectivity index (χ2n) is 4.54. The molecule has 0 saturated heterocycles. The average Bonchev–Trinajstić information content (AvgIpc) is 2.71. The first-order chi connectivity index (χ1) is 9.81. The van der Waals surface area contributed by atoms with E-state index < -0.39 is 16.0 Å². The summed E-state index contributed by atoms with van der Waals surface area (Å²) >= 11 is 0. The number of aryl methyl sites for hydroxylation is 1. The van der Waals surface area contributed by atoms with Crippen LogP contribution in [0.4, 0.5) is 0 Å². The average molecular weight is 314 g/mol. The Morgan fingerprint density at radius 1 is 1.38 bits per heavy atom. The molecule has 118 valence electrons. The number of rotatable bonds is 7. The first-order valence-electron chi connectivity index (χ1n) is 6.78. The van der Waals surface area contributed by atoms with Crippen molar-refractivity contribution in [3.05, 3.63) is 29.6 Å². The van der Waals surface area contributed by atoms with Crippen molar-refractivity contribution < 1.29 is 17.9 Å². The van der Waals surface area contributed by atoms with Gasteiger partial charge in [0.1, 0.15) is 10.6 Å². The summed E-state index contributed by atoms with van der Waals surface area (Å²) in [5, 5.41) is 0. The van der Waals surface area contributed by atoms with Gasteiger partial charge in [-0.25, -0.2) is 13.2 Å². The summed E-state index contributed by atoms with van der Waals surface area (Å²) < 4.78 is 31.6. The fourth-order valence-corrected chi connectivity index (χ4v) is 4.02. The molecule has 21 heavy (non-hydrogen) atoms. The Bertz CT molecular complexity index is 632. The Kier molecular flexibility index (Phi) is 5.74. The van der Waals surface area contributed by atoms with Crippen LogP contribution in [0.15, 0.2) is 17.6 Å². The molecule has 1 N–H and O–H groups in total. The van der Waals surface area contributed by atoms with Crippen molar-refractivity contribution in [1.29, 1.82) is 0 Å². The molecule has 0 aliphatic carbocycles. The van der Waals surface area contributed by atoms with Crippen LogP contribution in [0.1, 0.15) is 35.6 Å². The van der Waals surface area contributed by atoms with Gasteiger partial charge in [-0.3, -0.25) is 0 Å². The van der Waals surface area contributed by atoms with Crippen LogP contribution in [0.3, 0.4) is 0 Å². The van der Waals surface area contributed by atoms with Crippen LogP contribution in [0, 0.1) is 13.8 Å². The molecule has 6 nitrogen and oxygen atoms in total. The summed E-state index contributed by atoms with van der Waals surface area (Å²) in [5.74, 6) is -0.550. The molecule has 0 radical (unpaired) electrons. The molecule has 1 heterocycles. The van der Waals surface area contributed by atoms with Gasteiger partial charge in [-0.05, 0) is 20.8 Å². The monoisotopic (exact) mass is 314 g/mol. The zero-order chi connectivity index (χ0) is 16.2. The minimum Gasteiger partial charge on any atom is -0.461 e. The van der Waals surface area contributed by atoms with E-state index in [1.165, 1.54) is 10.4 Å². The van der Waals surface area contributed by atoms with E-state index in [-0.39, 0.29) is 23.7 Å². The lowest BCUT2D eigenvalue weighted by Gasteiger charge is -2.19. The molecule has 0 bridgehead atoms. The minimum absolute atomic E-state index is 0.134. The van der Waals surface area contributed by atoms with Gasteiger partial charge >= 0.3 is 5.97 Å². The van der Waals surface area contributed by atoms with Crippen molar-refractivity contribution in [1.82, 2.24) is 9.29 Å². The topological polar surface area (TPSA) is 79.5 Å². The second-order valence-corrected chi connectivity index (χ2v) is 6.42. The Labute approximate surface area is 125 Å². The van der Waals surface area contributed by atoms with E-state index in [2.05, 4.69) is 11.6 Å². The highest BCUT2D eigenvalue weighted by atomic mass is 32.2. The highest BCUT2D eigenvalue weighted by Crippen LogP contribution is 2.26. The summed E-state index contributed by atoms with van der Waals surface area (Å²) in [4.78, 5) is 14.8. The van der Waals surface area contributed by atoms with Gasteiger partial charge < -0.3 is 9.72 Å². The number of hydrogen-bond acceptors (Lipinski definition) is 4. The standard InChI is InChI=1S/C14H22N2O4S/c1-6-9-16(7-2)21(18,19)13-10(4)12(15-11(13)5)14(17)20-8-3/h6,15H,1,7-9H2,2-5H3. The van der Waals surface area contributed by atoms with Gasteiger partial charge in [0.05, 0.1) is 6.61 Å². The predicted molar refractivity (Wildman–Crippen MR) is 80.9 cm³/mol. The third-order valence-corrected chi connectivity index (χ3v) is 5.35. The highest BCUT2D eigenvalue weighted by Gasteiger charge is 2.30. The van der Waals surface area contributed by atoms with E-state index in [1.807, 2.05) is 0 Å². The fraction of sp³-hybridized carbons (Fsp3) is 0.500. The molecule has 0 fully saturated rings. The SMILES string of the molecule is C=CCN(CC)S(=O)(=O)c1c(C)[nH]c(C(=O)OCC)c1C. The Morgan fingerprint density at radius 2 is 2.00 bits per heavy atom. The molecule has 0 amide bonds. The number of aromatic nitrogens is 1. The van der Waals surface area contributed by atoms with Crippen molar-refractivity contribution in [2.45, 2.75) is 32.6 Å². The molecule has 0 saturated carbocycles. The van der Waals surface area contributed by atoms with Crippen molar-refractivity contribution in [2.24, 2.45) is 0 Å². The lowest BCUT2D eigenvalue weighted by molar-refractivity contribution is 0.0519. The second kappa shape index (κ2) is 6.91. The molecule has 0 aliphatic heterocycles. The Hall–Kier alpha value is -1.60. The van der Waals surface area contributed by atoms with Crippen LogP contribution in [0.5, 0.6) is 0 Å². The van der Waals surface area contributed by atoms with Crippen LogP contribution in [-0.2, 0) is 14.8 Å². The van der Waals surface area contributed by atoms with Gasteiger partial charge in [-0.15, -0.1) is 6.58 Å². The normalized spacial score (nSPS) is 11.7. The maximum Gasteiger partial charge on any atom is 0.355 e. The first kappa shape index (κ1) is 17.5. The van der Waals surface area contributed by atoms with Crippen molar-refractivity contribution >= 4 is 16.0 Å². The van der Waals surface area contributed by atoms with Gasteiger partial charge in [-0.1, -0.05) is 13.0 Å². The van der Waals surface area contributed by atoms with E-state index in [4.69, 9.17) is 4.74 Å². The zero-order valence-corrected chi connectivity index (χ0v) is 13.7. The Morgan fingerprint density at radius 3 is 2.48 bits per heavy atom. The lowest BCUT2D eigenvalue weighted by atomic mass is 10.2. The number of ether oxygens (including phenoxy) is 1. The number of likely N-dealkylation sites (N-methyl/N-ethyl adjacent to an activating group) is 1. The molecule has 1 aromatic heterocycles. The number of carbonyl (C=O) groups excluding carboxylic acids is 1. The highest BCUT2D eigenvalue weighted by molar-refractivity contribution is 7.89. The molecular weight excluding hydrogens is 292 g/mol. The smallest absolute Gasteiger partial charge is 0.355 e. The summed E-state index contributed by atoms with van der Waals surface area (Å²) in [6.07, 6.45) is 1.53. The number of sulfonamides is 1. The summed E-state index contributed by atoms with van der Waals surface area (Å²) in [6, 6.07) is 0. The molecule has 0 aliphatic rings. The molecule has 0 unspecified atom stereocenters. The van der Waals surface area contributed by atoms with Gasteiger partial charge in [0, 0.05) is 24.3 Å². The third kappa shape index (κ3) is 3.36. The first-order valence-corrected chi connectivity index (χ1v) is 8.22. The molecule has 1 aromatic rings. The van der Waals surface area contributed by atoms with Crippen molar-refractivity contribution in [3.63, 3.8) is 0 Å². The number of nitrogens with zero attached hydrogens (tertiary/aromatic N) is 1. The van der Waals surface area contributed by atoms with Crippen LogP contribution >= 0.6 is 0 Å². The number of nitrogens with one attached hydrogen (secondary N) is 1. The molecule has 7 heteroatoms. The number of carbonyl (C=O) groups is 1. The van der Waals surface area contributed by atoms with Crippen LogP contribution in [0.25, 0.3) is 0 Å². The number of hydrogen-bond donors (Lipinski definition) is 1. The molecular formula is C14H22N2O4S. The predicted octanol–water partition coefficient (Wildman–Crippen LogP) is 2.00. The van der Waals surface area contributed by atoms with E-state index in [1.54, 1.807) is 27.7 Å². The zero-order valence-electron chi connectivity index (χ0n) is 12.9. The van der Waals surface area contributed by atoms with E-state index in [9.17, 15) is 13.2 Å². The third-order valence-electron chi connectivity index (χ3n) is 3.13. The molecule has 1 rings (SSSR count). The largest absolute Gasteiger partial charge is 0.461 e. The fourth-order valence-electron chi connectivity index (χ4n) is 2.20. The Balaban J connectivity index is 3.37. The minimum atomic E-state index is -3.68. The summed E-state index contributed by atoms with van der Waals surface area (Å²) in [6.45, 7) is 11.0. The van der Waals surface area contributed by atoms with E-state index in [0.717, 1.165) is 0 Å². The quantitative estimate of drug-likeness (QED) is 0.617.